The van der Waals surface area contributed by atoms with Crippen molar-refractivity contribution in [2.24, 2.45) is 17.8 Å². The van der Waals surface area contributed by atoms with Crippen LogP contribution >= 0.6 is 15.6 Å². The second kappa shape index (κ2) is 87.5. The summed E-state index contributed by atoms with van der Waals surface area (Å²) in [5.74, 6) is 0.377. The Hall–Kier alpha value is -1.94. The molecule has 0 saturated carbocycles. The first kappa shape index (κ1) is 115. The van der Waals surface area contributed by atoms with Crippen molar-refractivity contribution in [3.63, 3.8) is 0 Å². The molecule has 0 aromatic carbocycles. The Kier molecular flexibility index (Phi) is 86.1. The summed E-state index contributed by atoms with van der Waals surface area (Å²) in [7, 11) is -9.95. The van der Waals surface area contributed by atoms with Crippen LogP contribution in [-0.4, -0.2) is 96.7 Å². The van der Waals surface area contributed by atoms with Crippen molar-refractivity contribution in [2.75, 3.05) is 39.6 Å². The highest BCUT2D eigenvalue weighted by molar-refractivity contribution is 7.47. The third kappa shape index (κ3) is 88.7. The zero-order valence-electron chi connectivity index (χ0n) is 77.7. The maximum atomic E-state index is 13.2. The van der Waals surface area contributed by atoms with Crippen LogP contribution in [0.4, 0.5) is 0 Å². The number of rotatable bonds is 96. The minimum absolute atomic E-state index is 0.108. The number of hydrogen-bond acceptors (Lipinski definition) is 15. The maximum absolute atomic E-state index is 13.2. The van der Waals surface area contributed by atoms with Gasteiger partial charge in [-0.25, -0.2) is 9.13 Å². The van der Waals surface area contributed by atoms with Gasteiger partial charge in [-0.15, -0.1) is 0 Å². The lowest BCUT2D eigenvalue weighted by atomic mass is 9.99. The van der Waals surface area contributed by atoms with E-state index >= 15 is 0 Å². The third-order valence-corrected chi connectivity index (χ3v) is 25.8. The smallest absolute Gasteiger partial charge is 0.462 e. The van der Waals surface area contributed by atoms with Gasteiger partial charge in [0.1, 0.15) is 19.3 Å². The number of aliphatic hydroxyl groups is 1. The van der Waals surface area contributed by atoms with Crippen LogP contribution in [0.5, 0.6) is 0 Å². The van der Waals surface area contributed by atoms with E-state index in [-0.39, 0.29) is 25.7 Å². The average molecular weight is 1700 g/mol. The quantitative estimate of drug-likeness (QED) is 0.0222. The molecule has 0 aromatic rings. The highest BCUT2D eigenvalue weighted by atomic mass is 31.2. The first-order chi connectivity index (χ1) is 56.8. The normalized spacial score (nSPS) is 14.1. The van der Waals surface area contributed by atoms with Crippen LogP contribution in [0.1, 0.15) is 530 Å². The Bertz CT molecular complexity index is 2240. The van der Waals surface area contributed by atoms with E-state index in [0.29, 0.717) is 25.7 Å². The average Bonchev–Trinajstić information content (AvgIpc) is 0.897. The second-order valence-electron chi connectivity index (χ2n) is 36.1. The van der Waals surface area contributed by atoms with Gasteiger partial charge in [-0.1, -0.05) is 479 Å². The molecular weight excluding hydrogens is 1510 g/mol. The first-order valence-electron chi connectivity index (χ1n) is 50.4. The summed E-state index contributed by atoms with van der Waals surface area (Å²) in [6, 6.07) is 0. The van der Waals surface area contributed by atoms with Crippen LogP contribution in [0.3, 0.4) is 0 Å². The number of ether oxygens (including phenoxy) is 4. The summed E-state index contributed by atoms with van der Waals surface area (Å²) in [5.41, 5.74) is 0. The fourth-order valence-electron chi connectivity index (χ4n) is 15.4. The van der Waals surface area contributed by atoms with Gasteiger partial charge in [0.15, 0.2) is 12.2 Å². The van der Waals surface area contributed by atoms with E-state index in [1.807, 2.05) is 0 Å². The van der Waals surface area contributed by atoms with E-state index in [2.05, 4.69) is 48.5 Å². The topological polar surface area (TPSA) is 237 Å². The zero-order valence-corrected chi connectivity index (χ0v) is 79.5. The lowest BCUT2D eigenvalue weighted by molar-refractivity contribution is -0.161. The van der Waals surface area contributed by atoms with Crippen LogP contribution in [-0.2, 0) is 65.4 Å². The lowest BCUT2D eigenvalue weighted by Crippen LogP contribution is -2.30. The molecule has 696 valence electrons. The molecule has 0 aliphatic rings. The van der Waals surface area contributed by atoms with Gasteiger partial charge in [0.05, 0.1) is 26.4 Å². The molecule has 0 heterocycles. The first-order valence-corrected chi connectivity index (χ1v) is 53.4. The number of aliphatic hydroxyl groups excluding tert-OH is 1. The number of carbonyl (C=O) groups excluding carboxylic acids is 4. The number of phosphoric acid groups is 2. The SMILES string of the molecule is CCCCCCCCCCCCCCCCCCCCCCCCC(=O)OC[C@H](COP(=O)(O)OC[C@@H](O)COP(=O)(O)OC[C@@H](COC(=O)CCCCCCCCCCC(C)CC)OC(=O)CCCCCCCCCCCCCCCCCCCCC(C)C)OC(=O)CCCCCCCCCCCCCCCCCCCCC(C)CC. The van der Waals surface area contributed by atoms with Gasteiger partial charge in [0.25, 0.3) is 0 Å². The van der Waals surface area contributed by atoms with Crippen molar-refractivity contribution in [1.82, 2.24) is 0 Å². The molecule has 0 spiro atoms. The van der Waals surface area contributed by atoms with Gasteiger partial charge >= 0.3 is 39.5 Å². The molecule has 4 unspecified atom stereocenters. The number of unbranched alkanes of at least 4 members (excludes halogenated alkanes) is 62. The minimum atomic E-state index is -4.97. The summed E-state index contributed by atoms with van der Waals surface area (Å²) in [6.07, 6.45) is 83.5. The zero-order chi connectivity index (χ0) is 85.7. The summed E-state index contributed by atoms with van der Waals surface area (Å²) in [5, 5.41) is 10.7. The van der Waals surface area contributed by atoms with Gasteiger partial charge < -0.3 is 33.8 Å². The van der Waals surface area contributed by atoms with Crippen LogP contribution in [0, 0.1) is 17.8 Å². The molecule has 0 aliphatic carbocycles. The maximum Gasteiger partial charge on any atom is 0.472 e. The molecule has 0 aliphatic heterocycles. The summed E-state index contributed by atoms with van der Waals surface area (Å²) in [4.78, 5) is 73.7. The molecule has 0 saturated heterocycles. The Morgan fingerprint density at radius 3 is 0.650 bits per heavy atom. The number of carbonyl (C=O) groups is 4. The molecule has 19 heteroatoms. The predicted octanol–water partition coefficient (Wildman–Crippen LogP) is 30.8. The van der Waals surface area contributed by atoms with E-state index in [1.165, 1.54) is 340 Å². The predicted molar refractivity (Wildman–Crippen MR) is 488 cm³/mol. The van der Waals surface area contributed by atoms with Crippen LogP contribution < -0.4 is 0 Å². The van der Waals surface area contributed by atoms with E-state index in [9.17, 15) is 43.2 Å². The number of hydrogen-bond donors (Lipinski definition) is 3. The van der Waals surface area contributed by atoms with Crippen molar-refractivity contribution in [1.29, 1.82) is 0 Å². The lowest BCUT2D eigenvalue weighted by Gasteiger charge is -2.21. The Morgan fingerprint density at radius 1 is 0.248 bits per heavy atom. The summed E-state index contributed by atoms with van der Waals surface area (Å²) in [6.45, 7) is 12.2. The van der Waals surface area contributed by atoms with Crippen molar-refractivity contribution in [2.45, 2.75) is 548 Å². The Labute approximate surface area is 721 Å². The molecule has 17 nitrogen and oxygen atoms in total. The Morgan fingerprint density at radius 2 is 0.436 bits per heavy atom. The van der Waals surface area contributed by atoms with Crippen LogP contribution in [0.15, 0.2) is 0 Å². The monoisotopic (exact) mass is 1700 g/mol. The van der Waals surface area contributed by atoms with Gasteiger partial charge in [0, 0.05) is 25.7 Å². The standard InChI is InChI=1S/C98H192O17P2/c1-8-11-12-13-14-15-16-17-18-19-20-21-22-23-30-35-40-45-50-58-65-72-79-95(100)108-85-93(114-97(102)81-74-68-61-52-47-42-37-32-27-25-29-34-39-44-49-56-63-70-77-90(6)9-2)87-112-116(104,105)110-83-92(99)84-111-117(106,107)113-88-94(86-109-96(101)80-73-66-59-54-53-57-64-71-78-91(7)10-3)115-98(103)82-75-67-60-51-46-41-36-31-26-24-28-33-38-43-48-55-62-69-76-89(4)5/h89-94,99H,8-88H2,1-7H3,(H,104,105)(H,106,107)/t90?,91?,92-,93-,94-/m1/s1. The summed E-state index contributed by atoms with van der Waals surface area (Å²) < 4.78 is 69.3. The molecule has 0 fully saturated rings. The minimum Gasteiger partial charge on any atom is -0.462 e. The highest BCUT2D eigenvalue weighted by Gasteiger charge is 2.31. The molecule has 0 amide bonds. The van der Waals surface area contributed by atoms with Crippen LogP contribution in [0.25, 0.3) is 0 Å². The van der Waals surface area contributed by atoms with Gasteiger partial charge in [-0.2, -0.15) is 0 Å². The Balaban J connectivity index is 5.24. The van der Waals surface area contributed by atoms with E-state index in [4.69, 9.17) is 37.0 Å². The number of phosphoric ester groups is 2. The molecule has 0 aromatic heterocycles. The fraction of sp³-hybridized carbons (Fsp3) is 0.959. The van der Waals surface area contributed by atoms with Crippen molar-refractivity contribution in [3.8, 4) is 0 Å². The summed E-state index contributed by atoms with van der Waals surface area (Å²) >= 11 is 0. The van der Waals surface area contributed by atoms with Gasteiger partial charge in [-0.3, -0.25) is 37.3 Å². The molecular formula is C98H192O17P2. The van der Waals surface area contributed by atoms with E-state index in [0.717, 1.165) is 108 Å². The molecule has 7 atom stereocenters. The molecule has 0 bridgehead atoms. The van der Waals surface area contributed by atoms with E-state index in [1.54, 1.807) is 0 Å². The fourth-order valence-corrected chi connectivity index (χ4v) is 17.0. The van der Waals surface area contributed by atoms with Gasteiger partial charge in [0.2, 0.25) is 0 Å². The molecule has 117 heavy (non-hydrogen) atoms. The van der Waals surface area contributed by atoms with E-state index < -0.39 is 97.5 Å². The van der Waals surface area contributed by atoms with Crippen molar-refractivity contribution < 1.29 is 80.2 Å². The van der Waals surface area contributed by atoms with Gasteiger partial charge in [-0.05, 0) is 43.4 Å². The molecule has 3 N–H and O–H groups in total. The molecule has 0 rings (SSSR count). The largest absolute Gasteiger partial charge is 0.472 e. The second-order valence-corrected chi connectivity index (χ2v) is 39.0. The van der Waals surface area contributed by atoms with Crippen molar-refractivity contribution in [3.05, 3.63) is 0 Å². The number of esters is 4. The molecule has 0 radical (unpaired) electrons. The van der Waals surface area contributed by atoms with Crippen LogP contribution in [0.2, 0.25) is 0 Å². The highest BCUT2D eigenvalue weighted by Crippen LogP contribution is 2.45. The third-order valence-electron chi connectivity index (χ3n) is 23.9. The van der Waals surface area contributed by atoms with Crippen molar-refractivity contribution >= 4 is 39.5 Å².